The fourth-order valence-electron chi connectivity index (χ4n) is 2.84. The lowest BCUT2D eigenvalue weighted by molar-refractivity contribution is -0.131. The average Bonchev–Trinajstić information content (AvgIpc) is 3.10. The zero-order valence-corrected chi connectivity index (χ0v) is 13.7. The third-order valence-electron chi connectivity index (χ3n) is 4.35. The van der Waals surface area contributed by atoms with Gasteiger partial charge in [-0.2, -0.15) is 0 Å². The van der Waals surface area contributed by atoms with Crippen molar-refractivity contribution in [2.75, 3.05) is 13.1 Å². The lowest BCUT2D eigenvalue weighted by Crippen LogP contribution is -2.50. The summed E-state index contributed by atoms with van der Waals surface area (Å²) in [6, 6.07) is 20.0. The first-order valence-corrected chi connectivity index (χ1v) is 8.29. The molecule has 0 atom stereocenters. The van der Waals surface area contributed by atoms with Gasteiger partial charge in [-0.05, 0) is 11.6 Å². The van der Waals surface area contributed by atoms with Gasteiger partial charge in [0.1, 0.15) is 5.69 Å². The second-order valence-corrected chi connectivity index (χ2v) is 6.09. The summed E-state index contributed by atoms with van der Waals surface area (Å²) in [5.41, 5.74) is 2.93. The quantitative estimate of drug-likeness (QED) is 0.691. The summed E-state index contributed by atoms with van der Waals surface area (Å²) in [4.78, 5) is 14.0. The average molecular weight is 330 g/mol. The van der Waals surface area contributed by atoms with Crippen molar-refractivity contribution in [3.8, 4) is 11.3 Å². The van der Waals surface area contributed by atoms with E-state index in [9.17, 15) is 4.79 Å². The molecule has 2 heterocycles. The Kier molecular flexibility index (Phi) is 4.12. The SMILES string of the molecule is O=C(C=Cc1ccccc1)N1CC(n2cc(-c3ccccc3)nn2)C1. The van der Waals surface area contributed by atoms with E-state index in [0.29, 0.717) is 13.1 Å². The lowest BCUT2D eigenvalue weighted by atomic mass is 10.1. The van der Waals surface area contributed by atoms with E-state index in [0.717, 1.165) is 16.8 Å². The molecule has 0 aliphatic carbocycles. The number of benzene rings is 2. The minimum absolute atomic E-state index is 0.0310. The zero-order valence-electron chi connectivity index (χ0n) is 13.7. The maximum Gasteiger partial charge on any atom is 0.246 e. The van der Waals surface area contributed by atoms with Gasteiger partial charge in [0.2, 0.25) is 5.91 Å². The number of carbonyl (C=O) groups excluding carboxylic acids is 1. The Morgan fingerprint density at radius 3 is 2.40 bits per heavy atom. The number of carbonyl (C=O) groups is 1. The van der Waals surface area contributed by atoms with Crippen LogP contribution in [0.5, 0.6) is 0 Å². The van der Waals surface area contributed by atoms with Gasteiger partial charge >= 0.3 is 0 Å². The Morgan fingerprint density at radius 1 is 1.00 bits per heavy atom. The van der Waals surface area contributed by atoms with Gasteiger partial charge in [-0.1, -0.05) is 65.9 Å². The Hall–Kier alpha value is -3.21. The summed E-state index contributed by atoms with van der Waals surface area (Å²) < 4.78 is 1.85. The second-order valence-electron chi connectivity index (χ2n) is 6.09. The number of amides is 1. The summed E-state index contributed by atoms with van der Waals surface area (Å²) in [5.74, 6) is 0.0310. The first-order chi connectivity index (χ1) is 12.3. The van der Waals surface area contributed by atoms with Crippen molar-refractivity contribution in [2.45, 2.75) is 6.04 Å². The van der Waals surface area contributed by atoms with Gasteiger partial charge in [-0.3, -0.25) is 4.79 Å². The Morgan fingerprint density at radius 2 is 1.68 bits per heavy atom. The van der Waals surface area contributed by atoms with Crippen molar-refractivity contribution in [2.24, 2.45) is 0 Å². The highest BCUT2D eigenvalue weighted by Crippen LogP contribution is 2.23. The molecule has 0 bridgehead atoms. The molecule has 0 saturated carbocycles. The van der Waals surface area contributed by atoms with Crippen LogP contribution in [0.2, 0.25) is 0 Å². The van der Waals surface area contributed by atoms with Gasteiger partial charge in [0.15, 0.2) is 0 Å². The van der Waals surface area contributed by atoms with Gasteiger partial charge in [-0.15, -0.1) is 5.10 Å². The van der Waals surface area contributed by atoms with Gasteiger partial charge in [0.25, 0.3) is 0 Å². The molecule has 4 rings (SSSR count). The van der Waals surface area contributed by atoms with Crippen molar-refractivity contribution in [1.82, 2.24) is 19.9 Å². The van der Waals surface area contributed by atoms with E-state index < -0.39 is 0 Å². The minimum atomic E-state index is 0.0310. The molecular formula is C20H18N4O. The smallest absolute Gasteiger partial charge is 0.246 e. The second kappa shape index (κ2) is 6.73. The van der Waals surface area contributed by atoms with Crippen LogP contribution in [-0.4, -0.2) is 38.9 Å². The van der Waals surface area contributed by atoms with Crippen LogP contribution in [-0.2, 0) is 4.79 Å². The molecule has 1 saturated heterocycles. The van der Waals surface area contributed by atoms with Gasteiger partial charge < -0.3 is 4.90 Å². The van der Waals surface area contributed by atoms with Gasteiger partial charge in [0.05, 0.1) is 12.2 Å². The standard InChI is InChI=1S/C20H18N4O/c25-20(12-11-16-7-3-1-4-8-16)23-13-18(14-23)24-15-19(21-22-24)17-9-5-2-6-10-17/h1-12,15,18H,13-14H2. The number of hydrogen-bond acceptors (Lipinski definition) is 3. The number of hydrogen-bond donors (Lipinski definition) is 0. The molecule has 124 valence electrons. The number of aromatic nitrogens is 3. The molecule has 1 aliphatic rings. The van der Waals surface area contributed by atoms with Crippen LogP contribution in [0.25, 0.3) is 17.3 Å². The van der Waals surface area contributed by atoms with Crippen LogP contribution in [0.1, 0.15) is 11.6 Å². The molecule has 1 amide bonds. The van der Waals surface area contributed by atoms with Crippen LogP contribution < -0.4 is 0 Å². The highest BCUT2D eigenvalue weighted by Gasteiger charge is 2.31. The normalized spacial score (nSPS) is 14.6. The van der Waals surface area contributed by atoms with Crippen molar-refractivity contribution < 1.29 is 4.79 Å². The predicted molar refractivity (Wildman–Crippen MR) is 96.6 cm³/mol. The zero-order chi connectivity index (χ0) is 17.1. The molecule has 5 heteroatoms. The fourth-order valence-corrected chi connectivity index (χ4v) is 2.84. The van der Waals surface area contributed by atoms with Crippen LogP contribution in [0.3, 0.4) is 0 Å². The van der Waals surface area contributed by atoms with E-state index in [4.69, 9.17) is 0 Å². The van der Waals surface area contributed by atoms with Crippen molar-refractivity contribution in [3.63, 3.8) is 0 Å². The topological polar surface area (TPSA) is 51.0 Å². The van der Waals surface area contributed by atoms with E-state index in [-0.39, 0.29) is 11.9 Å². The minimum Gasteiger partial charge on any atom is -0.335 e. The van der Waals surface area contributed by atoms with E-state index >= 15 is 0 Å². The molecule has 5 nitrogen and oxygen atoms in total. The van der Waals surface area contributed by atoms with E-state index in [2.05, 4.69) is 10.3 Å². The predicted octanol–water partition coefficient (Wildman–Crippen LogP) is 3.04. The van der Waals surface area contributed by atoms with Crippen molar-refractivity contribution in [3.05, 3.63) is 78.5 Å². The molecule has 1 aromatic heterocycles. The van der Waals surface area contributed by atoms with Crippen LogP contribution in [0.15, 0.2) is 72.9 Å². The van der Waals surface area contributed by atoms with E-state index in [1.165, 1.54) is 0 Å². The van der Waals surface area contributed by atoms with Crippen molar-refractivity contribution >= 4 is 12.0 Å². The molecule has 0 N–H and O–H groups in total. The summed E-state index contributed by atoms with van der Waals surface area (Å²) >= 11 is 0. The third-order valence-corrected chi connectivity index (χ3v) is 4.35. The fraction of sp³-hybridized carbons (Fsp3) is 0.150. The Balaban J connectivity index is 1.35. The number of likely N-dealkylation sites (tertiary alicyclic amines) is 1. The van der Waals surface area contributed by atoms with Crippen molar-refractivity contribution in [1.29, 1.82) is 0 Å². The molecule has 1 fully saturated rings. The number of rotatable bonds is 4. The molecule has 1 aliphatic heterocycles. The molecule has 3 aromatic rings. The highest BCUT2D eigenvalue weighted by atomic mass is 16.2. The summed E-state index contributed by atoms with van der Waals surface area (Å²) in [5, 5.41) is 8.44. The van der Waals surface area contributed by atoms with Crippen LogP contribution >= 0.6 is 0 Å². The maximum absolute atomic E-state index is 12.2. The summed E-state index contributed by atoms with van der Waals surface area (Å²) in [6.45, 7) is 1.32. The molecule has 2 aromatic carbocycles. The maximum atomic E-state index is 12.2. The summed E-state index contributed by atoms with van der Waals surface area (Å²) in [6.07, 6.45) is 5.42. The molecule has 0 radical (unpaired) electrons. The monoisotopic (exact) mass is 330 g/mol. The first kappa shape index (κ1) is 15.3. The van der Waals surface area contributed by atoms with Gasteiger partial charge in [-0.25, -0.2) is 4.68 Å². The molecule has 0 unspecified atom stereocenters. The van der Waals surface area contributed by atoms with E-state index in [1.54, 1.807) is 6.08 Å². The first-order valence-electron chi connectivity index (χ1n) is 8.29. The van der Waals surface area contributed by atoms with E-state index in [1.807, 2.05) is 82.5 Å². The van der Waals surface area contributed by atoms with Crippen LogP contribution in [0, 0.1) is 0 Å². The lowest BCUT2D eigenvalue weighted by Gasteiger charge is -2.38. The Bertz CT molecular complexity index is 880. The third kappa shape index (κ3) is 3.35. The number of nitrogens with zero attached hydrogens (tertiary/aromatic N) is 4. The summed E-state index contributed by atoms with van der Waals surface area (Å²) in [7, 11) is 0. The Labute approximate surface area is 146 Å². The largest absolute Gasteiger partial charge is 0.335 e. The molecule has 25 heavy (non-hydrogen) atoms. The molecule has 0 spiro atoms. The van der Waals surface area contributed by atoms with Crippen LogP contribution in [0.4, 0.5) is 0 Å². The highest BCUT2D eigenvalue weighted by molar-refractivity contribution is 5.92. The molecular weight excluding hydrogens is 312 g/mol. The van der Waals surface area contributed by atoms with Gasteiger partial charge in [0, 0.05) is 24.7 Å².